The molecule has 15 heteroatoms. The van der Waals surface area contributed by atoms with Crippen molar-refractivity contribution in [2.45, 2.75) is 50.2 Å². The van der Waals surface area contributed by atoms with Gasteiger partial charge in [-0.2, -0.15) is 9.64 Å². The van der Waals surface area contributed by atoms with Crippen LogP contribution in [0.5, 0.6) is 17.2 Å². The first-order valence-corrected chi connectivity index (χ1v) is 18.3. The largest absolute Gasteiger partial charge is 0.497 e. The van der Waals surface area contributed by atoms with Gasteiger partial charge >= 0.3 is 6.09 Å². The Morgan fingerprint density at radius 3 is 2.48 bits per heavy atom. The minimum absolute atomic E-state index is 0.0338. The van der Waals surface area contributed by atoms with Crippen LogP contribution in [0.1, 0.15) is 49.8 Å². The Bertz CT molecular complexity index is 1950. The number of carbonyl (C=O) groups excluding carboxylic acids is 1. The predicted molar refractivity (Wildman–Crippen MR) is 190 cm³/mol. The van der Waals surface area contributed by atoms with Crippen LogP contribution in [0.3, 0.4) is 0 Å². The van der Waals surface area contributed by atoms with Crippen molar-refractivity contribution in [3.8, 4) is 23.3 Å². The number of nitriles is 1. The highest BCUT2D eigenvalue weighted by molar-refractivity contribution is 7.93. The van der Waals surface area contributed by atoms with Crippen LogP contribution >= 0.6 is 23.1 Å². The Hall–Kier alpha value is -4.58. The van der Waals surface area contributed by atoms with Gasteiger partial charge in [0.15, 0.2) is 0 Å². The third-order valence-electron chi connectivity index (χ3n) is 8.17. The van der Waals surface area contributed by atoms with Gasteiger partial charge in [0, 0.05) is 47.2 Å². The van der Waals surface area contributed by atoms with Gasteiger partial charge in [0.05, 0.1) is 37.8 Å². The van der Waals surface area contributed by atoms with E-state index in [2.05, 4.69) is 15.4 Å². The number of carbonyl (C=O) groups is 1. The lowest BCUT2D eigenvalue weighted by atomic mass is 9.81. The Morgan fingerprint density at radius 2 is 1.84 bits per heavy atom. The van der Waals surface area contributed by atoms with E-state index in [1.54, 1.807) is 23.1 Å². The van der Waals surface area contributed by atoms with Gasteiger partial charge in [0.2, 0.25) is 5.13 Å². The van der Waals surface area contributed by atoms with Crippen LogP contribution in [0.4, 0.5) is 9.93 Å². The number of nitrogens with zero attached hydrogens (tertiary/aromatic N) is 5. The Kier molecular flexibility index (Phi) is 11.4. The van der Waals surface area contributed by atoms with E-state index in [0.29, 0.717) is 41.6 Å². The zero-order valence-corrected chi connectivity index (χ0v) is 30.7. The van der Waals surface area contributed by atoms with E-state index in [4.69, 9.17) is 30.5 Å². The number of halogens is 1. The number of hydrogen-bond donors (Lipinski definition) is 0. The molecule has 2 heterocycles. The van der Waals surface area contributed by atoms with Gasteiger partial charge < -0.3 is 23.8 Å². The average molecular weight is 740 g/mol. The second kappa shape index (κ2) is 15.5. The number of benzene rings is 3. The van der Waals surface area contributed by atoms with Gasteiger partial charge in [-0.25, -0.2) is 22.5 Å². The Labute approximate surface area is 301 Å². The summed E-state index contributed by atoms with van der Waals surface area (Å²) in [7, 11) is -1.24. The van der Waals surface area contributed by atoms with Crippen molar-refractivity contribution in [1.29, 1.82) is 5.26 Å². The predicted octanol–water partition coefficient (Wildman–Crippen LogP) is 6.90. The zero-order chi connectivity index (χ0) is 36.1. The second-order valence-corrected chi connectivity index (χ2v) is 15.7. The fourth-order valence-corrected chi connectivity index (χ4v) is 8.00. The highest BCUT2D eigenvalue weighted by atomic mass is 35.5. The third-order valence-corrected chi connectivity index (χ3v) is 11.0. The molecule has 1 aliphatic heterocycles. The van der Waals surface area contributed by atoms with E-state index in [-0.39, 0.29) is 46.3 Å². The van der Waals surface area contributed by atoms with Crippen LogP contribution in [-0.2, 0) is 21.3 Å². The van der Waals surface area contributed by atoms with Gasteiger partial charge in [0.1, 0.15) is 35.2 Å². The SMILES string of the molecule is COc1ccc(CN(c2ncns2)S(=O)(=O)c2ccc(OC[C@@H]3CN(C(=O)OC(C)(C)C)CC[C@H]3c3ccc(Cl)cc3)c(C#N)c2)c(OC)c1. The highest BCUT2D eigenvalue weighted by Gasteiger charge is 2.35. The third kappa shape index (κ3) is 8.58. The molecule has 1 fully saturated rings. The molecule has 264 valence electrons. The monoisotopic (exact) mass is 739 g/mol. The Balaban J connectivity index is 1.40. The highest BCUT2D eigenvalue weighted by Crippen LogP contribution is 2.36. The van der Waals surface area contributed by atoms with Crippen LogP contribution in [0.25, 0.3) is 0 Å². The molecule has 1 aliphatic rings. The number of aromatic nitrogens is 2. The number of amides is 1. The molecular formula is C35H38ClN5O7S2. The van der Waals surface area contributed by atoms with E-state index in [0.717, 1.165) is 21.4 Å². The first kappa shape index (κ1) is 36.7. The smallest absolute Gasteiger partial charge is 0.410 e. The first-order chi connectivity index (χ1) is 23.8. The number of likely N-dealkylation sites (tertiary alicyclic amines) is 1. The molecule has 0 N–H and O–H groups in total. The molecule has 0 aliphatic carbocycles. The van der Waals surface area contributed by atoms with Crippen LogP contribution in [0.2, 0.25) is 5.02 Å². The average Bonchev–Trinajstić information content (AvgIpc) is 3.63. The Morgan fingerprint density at radius 1 is 1.08 bits per heavy atom. The fourth-order valence-electron chi connectivity index (χ4n) is 5.72. The molecule has 5 rings (SSSR count). The summed E-state index contributed by atoms with van der Waals surface area (Å²) in [6.07, 6.45) is 1.53. The summed E-state index contributed by atoms with van der Waals surface area (Å²) < 4.78 is 56.1. The molecule has 0 bridgehead atoms. The number of hydrogen-bond acceptors (Lipinski definition) is 11. The van der Waals surface area contributed by atoms with E-state index < -0.39 is 21.7 Å². The summed E-state index contributed by atoms with van der Waals surface area (Å²) in [5.41, 5.74) is 1.01. The fraction of sp³-hybridized carbons (Fsp3) is 0.371. The zero-order valence-electron chi connectivity index (χ0n) is 28.3. The summed E-state index contributed by atoms with van der Waals surface area (Å²) in [6, 6.07) is 18.9. The van der Waals surface area contributed by atoms with Crippen LogP contribution in [-0.4, -0.2) is 68.3 Å². The molecular weight excluding hydrogens is 702 g/mol. The van der Waals surface area contributed by atoms with Crippen LogP contribution < -0.4 is 18.5 Å². The summed E-state index contributed by atoms with van der Waals surface area (Å²) >= 11 is 7.08. The van der Waals surface area contributed by atoms with Crippen LogP contribution in [0, 0.1) is 17.2 Å². The van der Waals surface area contributed by atoms with Gasteiger partial charge in [0.25, 0.3) is 10.0 Å². The molecule has 1 saturated heterocycles. The maximum absolute atomic E-state index is 14.2. The number of anilines is 1. The topological polar surface area (TPSA) is 144 Å². The van der Waals surface area contributed by atoms with E-state index in [1.807, 2.05) is 45.0 Å². The minimum atomic E-state index is -4.25. The lowest BCUT2D eigenvalue weighted by Gasteiger charge is -2.39. The maximum atomic E-state index is 14.2. The first-order valence-electron chi connectivity index (χ1n) is 15.7. The molecule has 3 aromatic carbocycles. The number of piperidine rings is 1. The molecule has 0 radical (unpaired) electrons. The molecule has 50 heavy (non-hydrogen) atoms. The van der Waals surface area contributed by atoms with Crippen molar-refractivity contribution in [3.63, 3.8) is 0 Å². The number of ether oxygens (including phenoxy) is 4. The summed E-state index contributed by atoms with van der Waals surface area (Å²) in [5, 5.41) is 10.9. The molecule has 0 unspecified atom stereocenters. The molecule has 1 amide bonds. The number of sulfonamides is 1. The van der Waals surface area contributed by atoms with E-state index in [9.17, 15) is 18.5 Å². The summed E-state index contributed by atoms with van der Waals surface area (Å²) in [4.78, 5) is 18.7. The standard InChI is InChI=1S/C35H38ClN5O7S2/c1-35(2,3)48-34(42)40-15-14-30(23-6-9-27(36)10-7-23)26(19-40)21-47-31-13-12-29(16-25(31)18-37)50(43,44)41(33-38-22-39-49-33)20-24-8-11-28(45-4)17-32(24)46-5/h6-13,16-17,22,26,30H,14-15,19-21H2,1-5H3/t26-,30-/m0/s1. The summed E-state index contributed by atoms with van der Waals surface area (Å²) in [5.74, 6) is 1.07. The van der Waals surface area contributed by atoms with Crippen LogP contribution in [0.15, 0.2) is 71.9 Å². The van der Waals surface area contributed by atoms with Crippen molar-refractivity contribution in [2.24, 2.45) is 5.92 Å². The van der Waals surface area contributed by atoms with Crippen molar-refractivity contribution in [1.82, 2.24) is 14.3 Å². The lowest BCUT2D eigenvalue weighted by molar-refractivity contribution is 0.0111. The quantitative estimate of drug-likeness (QED) is 0.159. The molecule has 2 atom stereocenters. The summed E-state index contributed by atoms with van der Waals surface area (Å²) in [6.45, 7) is 6.37. The molecule has 0 saturated carbocycles. The van der Waals surface area contributed by atoms with Gasteiger partial charge in [-0.05, 0) is 81.1 Å². The second-order valence-electron chi connectivity index (χ2n) is 12.6. The van der Waals surface area contributed by atoms with Gasteiger partial charge in [-0.15, -0.1) is 0 Å². The number of methoxy groups -OCH3 is 2. The van der Waals surface area contributed by atoms with Crippen molar-refractivity contribution in [3.05, 3.63) is 88.7 Å². The van der Waals surface area contributed by atoms with Crippen molar-refractivity contribution in [2.75, 3.05) is 38.2 Å². The van der Waals surface area contributed by atoms with E-state index in [1.165, 1.54) is 38.7 Å². The maximum Gasteiger partial charge on any atom is 0.410 e. The van der Waals surface area contributed by atoms with Crippen molar-refractivity contribution < 1.29 is 32.2 Å². The lowest BCUT2D eigenvalue weighted by Crippen LogP contribution is -2.46. The normalized spacial score (nSPS) is 16.3. The van der Waals surface area contributed by atoms with Gasteiger partial charge in [-0.1, -0.05) is 23.7 Å². The molecule has 12 nitrogen and oxygen atoms in total. The number of rotatable bonds is 11. The molecule has 1 aromatic heterocycles. The van der Waals surface area contributed by atoms with Crippen molar-refractivity contribution >= 4 is 44.4 Å². The minimum Gasteiger partial charge on any atom is -0.497 e. The van der Waals surface area contributed by atoms with Gasteiger partial charge in [-0.3, -0.25) is 0 Å². The molecule has 4 aromatic rings. The molecule has 0 spiro atoms. The van der Waals surface area contributed by atoms with E-state index >= 15 is 0 Å².